The van der Waals surface area contributed by atoms with Gasteiger partial charge >= 0.3 is 8.25 Å². The molecule has 0 aromatic carbocycles. The van der Waals surface area contributed by atoms with Crippen molar-refractivity contribution in [1.82, 2.24) is 58.1 Å². The van der Waals surface area contributed by atoms with E-state index in [9.17, 15) is 113 Å². The molecular formula is C81H143N11O35P+. The normalized spacial score (nSPS) is 27.6. The van der Waals surface area contributed by atoms with Crippen molar-refractivity contribution >= 4 is 73.2 Å². The van der Waals surface area contributed by atoms with Gasteiger partial charge in [0.05, 0.1) is 70.4 Å². The number of aliphatic hydroxyl groups is 11. The third-order valence-corrected chi connectivity index (χ3v) is 22.4. The van der Waals surface area contributed by atoms with Gasteiger partial charge in [-0.05, 0) is 77.0 Å². The molecule has 0 aromatic heterocycles. The lowest BCUT2D eigenvalue weighted by atomic mass is 9.90. The second kappa shape index (κ2) is 63.5. The van der Waals surface area contributed by atoms with Crippen LogP contribution in [0.5, 0.6) is 0 Å². The summed E-state index contributed by atoms with van der Waals surface area (Å²) in [5.41, 5.74) is 0. The minimum absolute atomic E-state index is 0.0513. The first-order valence-corrected chi connectivity index (χ1v) is 45.8. The van der Waals surface area contributed by atoms with Crippen molar-refractivity contribution in [1.29, 1.82) is 0 Å². The van der Waals surface area contributed by atoms with E-state index in [0.29, 0.717) is 70.6 Å². The van der Waals surface area contributed by atoms with Gasteiger partial charge < -0.3 is 162 Å². The summed E-state index contributed by atoms with van der Waals surface area (Å²) in [5.74, 6) is -5.20. The molecule has 736 valence electrons. The van der Waals surface area contributed by atoms with Crippen LogP contribution in [0.3, 0.4) is 0 Å². The first kappa shape index (κ1) is 112. The average Bonchev–Trinajstić information content (AvgIpc) is 1.83. The molecule has 0 radical (unpaired) electrons. The number of likely N-dealkylation sites (tertiary alicyclic amines) is 1. The zero-order chi connectivity index (χ0) is 93.9. The molecule has 2 unspecified atom stereocenters. The highest BCUT2D eigenvalue weighted by Gasteiger charge is 2.50. The molecule has 0 aliphatic carbocycles. The zero-order valence-electron chi connectivity index (χ0n) is 73.7. The summed E-state index contributed by atoms with van der Waals surface area (Å²) in [6.07, 6.45) is -11.9. The Bertz CT molecular complexity index is 3300. The van der Waals surface area contributed by atoms with Crippen molar-refractivity contribution in [2.75, 3.05) is 125 Å². The Morgan fingerprint density at radius 3 is 1.07 bits per heavy atom. The Morgan fingerprint density at radius 2 is 0.703 bits per heavy atom. The molecule has 5 aliphatic rings. The monoisotopic (exact) mass is 1860 g/mol. The van der Waals surface area contributed by atoms with E-state index in [1.807, 2.05) is 0 Å². The van der Waals surface area contributed by atoms with E-state index < -0.39 is 198 Å². The molecule has 5 saturated heterocycles. The van der Waals surface area contributed by atoms with Crippen LogP contribution in [-0.2, 0) is 109 Å². The summed E-state index contributed by atoms with van der Waals surface area (Å²) in [7, 11) is -2.84. The van der Waals surface area contributed by atoms with Gasteiger partial charge in [-0.15, -0.1) is 9.42 Å². The van der Waals surface area contributed by atoms with Gasteiger partial charge in [-0.25, -0.2) is 0 Å². The van der Waals surface area contributed by atoms with Gasteiger partial charge in [-0.2, -0.15) is 0 Å². The highest BCUT2D eigenvalue weighted by molar-refractivity contribution is 7.32. The van der Waals surface area contributed by atoms with Gasteiger partial charge in [0.25, 0.3) is 0 Å². The number of nitrogens with one attached hydrogen (secondary N) is 10. The number of carbonyl (C=O) groups excluding carboxylic acids is 11. The summed E-state index contributed by atoms with van der Waals surface area (Å²) in [5, 5.41) is 140. The Hall–Kier alpha value is -6.65. The topological polar surface area (TPSA) is 673 Å². The lowest BCUT2D eigenvalue weighted by Crippen LogP contribution is -2.64. The molecule has 0 saturated carbocycles. The van der Waals surface area contributed by atoms with Crippen LogP contribution in [0.1, 0.15) is 188 Å². The predicted molar refractivity (Wildman–Crippen MR) is 447 cm³/mol. The van der Waals surface area contributed by atoms with E-state index in [-0.39, 0.29) is 193 Å². The highest BCUT2D eigenvalue weighted by atomic mass is 31.1. The minimum Gasteiger partial charge on any atom is -0.394 e. The van der Waals surface area contributed by atoms with E-state index >= 15 is 0 Å². The molecule has 128 heavy (non-hydrogen) atoms. The Morgan fingerprint density at radius 1 is 0.367 bits per heavy atom. The summed E-state index contributed by atoms with van der Waals surface area (Å²) < 4.78 is 74.8. The van der Waals surface area contributed by atoms with E-state index in [0.717, 1.165) is 38.5 Å². The van der Waals surface area contributed by atoms with Crippen LogP contribution >= 0.6 is 8.25 Å². The second-order valence-corrected chi connectivity index (χ2v) is 33.2. The third-order valence-electron chi connectivity index (χ3n) is 22.0. The van der Waals surface area contributed by atoms with Crippen molar-refractivity contribution in [3.05, 3.63) is 0 Å². The molecule has 22 N–H and O–H groups in total. The van der Waals surface area contributed by atoms with Crippen LogP contribution in [0.25, 0.3) is 0 Å². The summed E-state index contributed by atoms with van der Waals surface area (Å²) in [6, 6.07) is -3.83. The number of hydrogen-bond acceptors (Lipinski definition) is 34. The van der Waals surface area contributed by atoms with Gasteiger partial charge in [0.1, 0.15) is 91.9 Å². The molecule has 0 spiro atoms. The van der Waals surface area contributed by atoms with Crippen LogP contribution in [0.4, 0.5) is 0 Å². The zero-order valence-corrected chi connectivity index (χ0v) is 74.6. The van der Waals surface area contributed by atoms with E-state index in [1.54, 1.807) is 0 Å². The van der Waals surface area contributed by atoms with Crippen LogP contribution in [0.2, 0.25) is 0 Å². The number of nitrogens with zero attached hydrogens (tertiary/aromatic N) is 1. The molecule has 5 heterocycles. The number of rotatable bonds is 65. The maximum atomic E-state index is 13.6. The fourth-order valence-electron chi connectivity index (χ4n) is 15.0. The van der Waals surface area contributed by atoms with Gasteiger partial charge in [0.2, 0.25) is 65.0 Å². The molecule has 5 aliphatic heterocycles. The Balaban J connectivity index is 1.14. The molecule has 5 fully saturated rings. The van der Waals surface area contributed by atoms with Gasteiger partial charge in [0.15, 0.2) is 25.2 Å². The van der Waals surface area contributed by atoms with Crippen molar-refractivity contribution in [3.63, 3.8) is 0 Å². The van der Waals surface area contributed by atoms with Crippen molar-refractivity contribution < 1.29 is 170 Å². The number of ether oxygens (including phenoxy) is 10. The van der Waals surface area contributed by atoms with Crippen molar-refractivity contribution in [2.24, 2.45) is 5.92 Å². The van der Waals surface area contributed by atoms with E-state index in [1.165, 1.54) is 25.7 Å². The third kappa shape index (κ3) is 42.9. The Labute approximate surface area is 746 Å². The first-order chi connectivity index (χ1) is 61.3. The number of hydrogen-bond donors (Lipinski definition) is 22. The number of aliphatic hydroxyl groups excluding tert-OH is 11. The van der Waals surface area contributed by atoms with Gasteiger partial charge in [-0.3, -0.25) is 52.7 Å². The first-order valence-electron chi connectivity index (χ1n) is 44.7. The van der Waals surface area contributed by atoms with Gasteiger partial charge in [0, 0.05) is 149 Å². The maximum Gasteiger partial charge on any atom is 0.694 e. The molecule has 0 aromatic rings. The predicted octanol–water partition coefficient (Wildman–Crippen LogP) is -5.82. The summed E-state index contributed by atoms with van der Waals surface area (Å²) in [6.45, 7) is 1.89. The fraction of sp³-hybridized carbons (Fsp3) is 0.864. The molecular weight excluding hydrogens is 1720 g/mol. The fourth-order valence-corrected chi connectivity index (χ4v) is 15.3. The second-order valence-electron chi connectivity index (χ2n) is 32.4. The van der Waals surface area contributed by atoms with Crippen LogP contribution in [-0.4, -0.2) is 385 Å². The molecule has 23 atom stereocenters. The lowest BCUT2D eigenvalue weighted by Gasteiger charge is -2.44. The maximum absolute atomic E-state index is 13.6. The smallest absolute Gasteiger partial charge is 0.394 e. The van der Waals surface area contributed by atoms with Crippen LogP contribution in [0.15, 0.2) is 0 Å². The average molecular weight is 1860 g/mol. The minimum atomic E-state index is -2.84. The van der Waals surface area contributed by atoms with Crippen LogP contribution < -0.4 is 53.2 Å². The molecule has 0 bridgehead atoms. The van der Waals surface area contributed by atoms with Crippen molar-refractivity contribution in [3.8, 4) is 0 Å². The lowest BCUT2D eigenvalue weighted by molar-refractivity contribution is -0.287. The van der Waals surface area contributed by atoms with Crippen molar-refractivity contribution in [2.45, 2.75) is 316 Å². The van der Waals surface area contributed by atoms with E-state index in [2.05, 4.69) is 53.2 Å². The number of amides is 11. The summed E-state index contributed by atoms with van der Waals surface area (Å²) in [4.78, 5) is 150. The van der Waals surface area contributed by atoms with Gasteiger partial charge in [-0.1, -0.05) is 38.5 Å². The quantitative estimate of drug-likeness (QED) is 0.0199. The number of unbranched alkanes of at least 4 members (excludes halogenated alkanes) is 10. The molecule has 46 nitrogen and oxygen atoms in total. The largest absolute Gasteiger partial charge is 0.694 e. The molecule has 5 rings (SSSR count). The SMILES string of the molecule is CC(=O)N[C@H]1[C@H](OCCCCC(=O)NCCCNC(=O)CCOC[C@H]2O[C@@H](O)C(CNC(=O)CCCCCCCCCCC(=O)N3C[C@H](O)C[C@H]3CO[P+](=O)O)[C@@H](OCCC(=O)NCCCNC(=O)CCCCO[C@@H]3O[C@H](CO)[C@H](O)[C@H](O)[C@H]3NC(C)=O)[C@@H]2OCCC(=O)NCCCNC(=O)CCCCO[C@@H]2O[C@H](CO)[C@H](O)[C@H](O)[C@H]2NC(C)=O)O[C@H](CO)[C@H](O)[C@@H]1O. The highest BCUT2D eigenvalue weighted by Crippen LogP contribution is 2.32. The Kier molecular flexibility index (Phi) is 55.5. The van der Waals surface area contributed by atoms with Crippen LogP contribution in [0, 0.1) is 5.92 Å². The van der Waals surface area contributed by atoms with E-state index in [4.69, 9.17) is 56.8 Å². The number of β-amino-alcohol motifs (C(OH)–C–C–N with tert-alkyl or cyclic N) is 1. The molecule has 11 amide bonds. The summed E-state index contributed by atoms with van der Waals surface area (Å²) >= 11 is 0. The molecule has 47 heteroatoms. The standard InChI is InChI=1S/C81H142N11O35P/c1-49(96)89-67-73(111)70(108)55(44-93)125-79(67)120-35-15-12-22-59(100)82-29-18-32-85-63(104)26-38-117-48-58-77(119-40-28-65(106)87-34-20-31-84-61(102)24-14-17-37-122-81-69(91-51(3)98)75(113)72(110)57(46-95)127-81)76(118-39-27-64(105)86-33-19-30-83-60(101)23-13-16-36-121-80-68(90-50(2)97)74(112)71(109)56(45-94)126-80)54(78(114)124-58)42-88-62(103)21-10-8-6-4-5-7-9-11-25-66(107)92-43-53(99)41-52(92)47-123-128(115)116/h52-58,67-81,93-95,99,108-114H,4-48H2,1-3H3,(H10-,82,83,84,85,86,87,88,89,90,91,96,97,98,100,101,102,103,104,105,106,115,116)/p+1/t52-,53+,54?,55+,56+,57+,58+,67+,68+,69+,70-,71-,72-,73+,74+,75+,76+,77+,78+,79+,80+,81+/m0/s1. The number of carbonyl (C=O) groups is 11.